The third kappa shape index (κ3) is 7.22. The minimum Gasteiger partial charge on any atom is -0.494 e. The van der Waals surface area contributed by atoms with Gasteiger partial charge in [0.25, 0.3) is 5.91 Å². The molecule has 180 valence electrons. The molecule has 34 heavy (non-hydrogen) atoms. The lowest BCUT2D eigenvalue weighted by Gasteiger charge is -2.15. The Morgan fingerprint density at radius 1 is 0.912 bits per heavy atom. The summed E-state index contributed by atoms with van der Waals surface area (Å²) in [5.41, 5.74) is 5.48. The lowest BCUT2D eigenvalue weighted by Crippen LogP contribution is -2.47. The van der Waals surface area contributed by atoms with Crippen molar-refractivity contribution >= 4 is 11.8 Å². The highest BCUT2D eigenvalue weighted by atomic mass is 16.5. The van der Waals surface area contributed by atoms with E-state index in [2.05, 4.69) is 21.0 Å². The summed E-state index contributed by atoms with van der Waals surface area (Å²) < 4.78 is 21.6. The molecule has 0 saturated carbocycles. The van der Waals surface area contributed by atoms with Crippen LogP contribution in [0.4, 0.5) is 0 Å². The van der Waals surface area contributed by atoms with Crippen LogP contribution in [0.1, 0.15) is 33.1 Å². The number of carbonyl (C=O) groups excluding carboxylic acids is 2. The fourth-order valence-electron chi connectivity index (χ4n) is 2.90. The summed E-state index contributed by atoms with van der Waals surface area (Å²) in [6.45, 7) is 6.55. The molecule has 3 aromatic rings. The van der Waals surface area contributed by atoms with Crippen LogP contribution < -0.4 is 25.1 Å². The van der Waals surface area contributed by atoms with Gasteiger partial charge in [-0.15, -0.1) is 0 Å². The Kier molecular flexibility index (Phi) is 8.84. The standard InChI is InChI=1S/C24H28N4O6/c1-4-31-18-8-6-17(7-9-18)23-25-22(34-28-23)15-14-21(29)26-27-24(30)16(3)33-20-12-10-19(11-13-20)32-5-2/h6-13,16H,4-5,14-15H2,1-3H3,(H,26,29)(H,27,30). The molecule has 0 aliphatic carbocycles. The molecule has 0 spiro atoms. The molecule has 1 aromatic heterocycles. The number of nitrogens with one attached hydrogen (secondary N) is 2. The summed E-state index contributed by atoms with van der Waals surface area (Å²) in [5, 5.41) is 3.94. The minimum atomic E-state index is -0.814. The number of aromatic nitrogens is 2. The molecule has 10 nitrogen and oxygen atoms in total. The second-order valence-corrected chi connectivity index (χ2v) is 7.17. The first-order valence-electron chi connectivity index (χ1n) is 11.0. The maximum Gasteiger partial charge on any atom is 0.279 e. The molecule has 0 radical (unpaired) electrons. The second kappa shape index (κ2) is 12.2. The van der Waals surface area contributed by atoms with Gasteiger partial charge in [-0.3, -0.25) is 20.4 Å². The van der Waals surface area contributed by atoms with Crippen LogP contribution in [0.15, 0.2) is 53.1 Å². The van der Waals surface area contributed by atoms with Crippen LogP contribution in [0, 0.1) is 0 Å². The van der Waals surface area contributed by atoms with Crippen molar-refractivity contribution < 1.29 is 28.3 Å². The molecule has 0 aliphatic rings. The Morgan fingerprint density at radius 2 is 1.50 bits per heavy atom. The van der Waals surface area contributed by atoms with Gasteiger partial charge in [-0.1, -0.05) is 5.16 Å². The average Bonchev–Trinajstić information content (AvgIpc) is 3.32. The van der Waals surface area contributed by atoms with E-state index in [4.69, 9.17) is 18.7 Å². The van der Waals surface area contributed by atoms with Crippen molar-refractivity contribution in [2.45, 2.75) is 39.7 Å². The number of amides is 2. The molecule has 1 heterocycles. The van der Waals surface area contributed by atoms with Gasteiger partial charge in [0.2, 0.25) is 17.6 Å². The van der Waals surface area contributed by atoms with E-state index in [0.717, 1.165) is 11.3 Å². The molecular formula is C24H28N4O6. The van der Waals surface area contributed by atoms with E-state index < -0.39 is 17.9 Å². The van der Waals surface area contributed by atoms with Gasteiger partial charge in [0.1, 0.15) is 17.2 Å². The number of ether oxygens (including phenoxy) is 3. The summed E-state index contributed by atoms with van der Waals surface area (Å²) in [4.78, 5) is 28.6. The van der Waals surface area contributed by atoms with Gasteiger partial charge in [-0.2, -0.15) is 4.98 Å². The summed E-state index contributed by atoms with van der Waals surface area (Å²) in [5.74, 6) is 1.84. The molecule has 0 fully saturated rings. The van der Waals surface area contributed by atoms with Crippen LogP contribution in [0.25, 0.3) is 11.4 Å². The number of nitrogens with zero attached hydrogens (tertiary/aromatic N) is 2. The normalized spacial score (nSPS) is 11.4. The van der Waals surface area contributed by atoms with E-state index >= 15 is 0 Å². The van der Waals surface area contributed by atoms with Crippen LogP contribution in [0.2, 0.25) is 0 Å². The second-order valence-electron chi connectivity index (χ2n) is 7.17. The van der Waals surface area contributed by atoms with E-state index in [1.54, 1.807) is 31.2 Å². The van der Waals surface area contributed by atoms with Gasteiger partial charge < -0.3 is 18.7 Å². The molecule has 1 unspecified atom stereocenters. The molecule has 2 aromatic carbocycles. The van der Waals surface area contributed by atoms with Crippen molar-refractivity contribution in [1.82, 2.24) is 21.0 Å². The Hall–Kier alpha value is -4.08. The summed E-state index contributed by atoms with van der Waals surface area (Å²) >= 11 is 0. The van der Waals surface area contributed by atoms with Crippen molar-refractivity contribution in [1.29, 1.82) is 0 Å². The van der Waals surface area contributed by atoms with E-state index in [0.29, 0.717) is 36.4 Å². The third-order valence-corrected chi connectivity index (χ3v) is 4.60. The van der Waals surface area contributed by atoms with E-state index in [1.807, 2.05) is 38.1 Å². The average molecular weight is 469 g/mol. The molecule has 0 aliphatic heterocycles. The highest BCUT2D eigenvalue weighted by molar-refractivity contribution is 5.84. The van der Waals surface area contributed by atoms with Crippen LogP contribution in [0.3, 0.4) is 0 Å². The van der Waals surface area contributed by atoms with Crippen molar-refractivity contribution in [2.75, 3.05) is 13.2 Å². The van der Waals surface area contributed by atoms with Crippen LogP contribution >= 0.6 is 0 Å². The molecule has 2 amide bonds. The zero-order valence-corrected chi connectivity index (χ0v) is 19.4. The number of benzene rings is 2. The molecular weight excluding hydrogens is 440 g/mol. The topological polar surface area (TPSA) is 125 Å². The molecule has 0 saturated heterocycles. The lowest BCUT2D eigenvalue weighted by atomic mass is 10.2. The summed E-state index contributed by atoms with van der Waals surface area (Å²) in [6, 6.07) is 14.2. The Labute approximate surface area is 197 Å². The molecule has 1 atom stereocenters. The van der Waals surface area contributed by atoms with Crippen molar-refractivity contribution in [3.63, 3.8) is 0 Å². The SMILES string of the molecule is CCOc1ccc(OC(C)C(=O)NNC(=O)CCc2nc(-c3ccc(OCC)cc3)no2)cc1. The van der Waals surface area contributed by atoms with Gasteiger partial charge in [-0.05, 0) is 69.3 Å². The van der Waals surface area contributed by atoms with Crippen molar-refractivity contribution in [3.05, 3.63) is 54.4 Å². The van der Waals surface area contributed by atoms with Gasteiger partial charge >= 0.3 is 0 Å². The minimum absolute atomic E-state index is 0.0549. The van der Waals surface area contributed by atoms with Gasteiger partial charge in [0.05, 0.1) is 13.2 Å². The van der Waals surface area contributed by atoms with Crippen LogP contribution in [-0.2, 0) is 16.0 Å². The van der Waals surface area contributed by atoms with Crippen molar-refractivity contribution in [3.8, 4) is 28.6 Å². The largest absolute Gasteiger partial charge is 0.494 e. The first-order valence-corrected chi connectivity index (χ1v) is 11.0. The maximum absolute atomic E-state index is 12.2. The number of hydrogen-bond donors (Lipinski definition) is 2. The maximum atomic E-state index is 12.2. The highest BCUT2D eigenvalue weighted by Crippen LogP contribution is 2.20. The summed E-state index contributed by atoms with van der Waals surface area (Å²) in [7, 11) is 0. The first kappa shape index (κ1) is 24.6. The zero-order chi connectivity index (χ0) is 24.3. The van der Waals surface area contributed by atoms with Gasteiger partial charge in [0.15, 0.2) is 6.10 Å². The van der Waals surface area contributed by atoms with E-state index in [1.165, 1.54) is 0 Å². The Balaban J connectivity index is 1.40. The van der Waals surface area contributed by atoms with E-state index in [9.17, 15) is 9.59 Å². The quantitative estimate of drug-likeness (QED) is 0.411. The van der Waals surface area contributed by atoms with Crippen LogP contribution in [0.5, 0.6) is 17.2 Å². The Bertz CT molecular complexity index is 1070. The fraction of sp³-hybridized carbons (Fsp3) is 0.333. The van der Waals surface area contributed by atoms with E-state index in [-0.39, 0.29) is 12.8 Å². The number of aryl methyl sites for hydroxylation is 1. The van der Waals surface area contributed by atoms with Gasteiger partial charge in [-0.25, -0.2) is 0 Å². The zero-order valence-electron chi connectivity index (χ0n) is 19.4. The Morgan fingerprint density at radius 3 is 2.12 bits per heavy atom. The third-order valence-electron chi connectivity index (χ3n) is 4.60. The predicted molar refractivity (Wildman–Crippen MR) is 123 cm³/mol. The molecule has 0 bridgehead atoms. The molecule has 2 N–H and O–H groups in total. The highest BCUT2D eigenvalue weighted by Gasteiger charge is 2.16. The van der Waals surface area contributed by atoms with Crippen LogP contribution in [-0.4, -0.2) is 41.3 Å². The smallest absolute Gasteiger partial charge is 0.279 e. The summed E-state index contributed by atoms with van der Waals surface area (Å²) in [6.07, 6.45) is -0.533. The monoisotopic (exact) mass is 468 g/mol. The number of hydrazine groups is 1. The number of carbonyl (C=O) groups is 2. The lowest BCUT2D eigenvalue weighted by molar-refractivity contribution is -0.132. The van der Waals surface area contributed by atoms with Crippen molar-refractivity contribution in [2.24, 2.45) is 0 Å². The molecule has 3 rings (SSSR count). The first-order chi connectivity index (χ1) is 16.5. The fourth-order valence-corrected chi connectivity index (χ4v) is 2.90. The predicted octanol–water partition coefficient (Wildman–Crippen LogP) is 3.08. The number of hydrogen-bond acceptors (Lipinski definition) is 8. The number of rotatable bonds is 11. The van der Waals surface area contributed by atoms with Gasteiger partial charge in [0, 0.05) is 18.4 Å². The molecule has 10 heteroatoms.